The lowest BCUT2D eigenvalue weighted by atomic mass is 10.1. The van der Waals surface area contributed by atoms with Gasteiger partial charge in [0.15, 0.2) is 0 Å². The Hall–Kier alpha value is -1.84. The number of amides is 1. The van der Waals surface area contributed by atoms with E-state index in [9.17, 15) is 9.59 Å². The molecule has 0 atom stereocenters. The van der Waals surface area contributed by atoms with Crippen LogP contribution in [0.25, 0.3) is 0 Å². The first-order valence-electron chi connectivity index (χ1n) is 7.12. The third-order valence-corrected chi connectivity index (χ3v) is 3.32. The first-order valence-corrected chi connectivity index (χ1v) is 7.12. The molecule has 0 aromatic heterocycles. The van der Waals surface area contributed by atoms with Crippen molar-refractivity contribution < 1.29 is 9.59 Å². The largest absolute Gasteiger partial charge is 0.372 e. The van der Waals surface area contributed by atoms with Crippen molar-refractivity contribution in [2.45, 2.75) is 40.5 Å². The predicted octanol–water partition coefficient (Wildman–Crippen LogP) is 3.15. The summed E-state index contributed by atoms with van der Waals surface area (Å²) in [7, 11) is 0. The number of hydrogen-bond acceptors (Lipinski definition) is 3. The van der Waals surface area contributed by atoms with Crippen molar-refractivity contribution in [3.63, 3.8) is 0 Å². The van der Waals surface area contributed by atoms with Crippen LogP contribution in [0.4, 0.5) is 11.4 Å². The van der Waals surface area contributed by atoms with Gasteiger partial charge in [-0.1, -0.05) is 0 Å². The number of hydrogen-bond donors (Lipinski definition) is 1. The van der Waals surface area contributed by atoms with Crippen molar-refractivity contribution >= 4 is 23.1 Å². The zero-order valence-corrected chi connectivity index (χ0v) is 12.8. The Morgan fingerprint density at radius 1 is 1.15 bits per heavy atom. The van der Waals surface area contributed by atoms with Crippen molar-refractivity contribution in [2.24, 2.45) is 0 Å². The van der Waals surface area contributed by atoms with E-state index in [1.54, 1.807) is 0 Å². The first-order chi connectivity index (χ1) is 9.47. The van der Waals surface area contributed by atoms with Crippen molar-refractivity contribution in [3.8, 4) is 0 Å². The van der Waals surface area contributed by atoms with E-state index in [1.165, 1.54) is 6.92 Å². The average Bonchev–Trinajstić information content (AvgIpc) is 2.41. The molecule has 1 N–H and O–H groups in total. The lowest BCUT2D eigenvalue weighted by molar-refractivity contribution is -0.121. The van der Waals surface area contributed by atoms with E-state index < -0.39 is 0 Å². The number of aryl methyl sites for hydroxylation is 1. The van der Waals surface area contributed by atoms with E-state index in [0.717, 1.165) is 30.0 Å². The number of ketones is 1. The van der Waals surface area contributed by atoms with Crippen LogP contribution in [0.5, 0.6) is 0 Å². The van der Waals surface area contributed by atoms with Gasteiger partial charge in [-0.15, -0.1) is 0 Å². The monoisotopic (exact) mass is 276 g/mol. The van der Waals surface area contributed by atoms with Gasteiger partial charge in [-0.05, 0) is 51.5 Å². The molecule has 0 fully saturated rings. The van der Waals surface area contributed by atoms with E-state index in [0.29, 0.717) is 6.42 Å². The summed E-state index contributed by atoms with van der Waals surface area (Å²) in [6, 6.07) is 6.02. The Balaban J connectivity index is 2.73. The smallest absolute Gasteiger partial charge is 0.224 e. The minimum absolute atomic E-state index is 0.0359. The van der Waals surface area contributed by atoms with Crippen LogP contribution in [-0.4, -0.2) is 24.8 Å². The van der Waals surface area contributed by atoms with Gasteiger partial charge in [-0.3, -0.25) is 4.79 Å². The van der Waals surface area contributed by atoms with Crippen LogP contribution in [0.2, 0.25) is 0 Å². The molecule has 0 unspecified atom stereocenters. The molecule has 0 saturated carbocycles. The zero-order chi connectivity index (χ0) is 15.1. The van der Waals surface area contributed by atoms with E-state index in [2.05, 4.69) is 30.1 Å². The van der Waals surface area contributed by atoms with Crippen LogP contribution in [0.15, 0.2) is 18.2 Å². The third kappa shape index (κ3) is 4.68. The maximum Gasteiger partial charge on any atom is 0.224 e. The average molecular weight is 276 g/mol. The van der Waals surface area contributed by atoms with E-state index in [-0.39, 0.29) is 18.1 Å². The van der Waals surface area contributed by atoms with Crippen LogP contribution in [0.1, 0.15) is 39.2 Å². The highest BCUT2D eigenvalue weighted by atomic mass is 16.2. The fourth-order valence-corrected chi connectivity index (χ4v) is 2.08. The molecule has 1 amide bonds. The number of carbonyl (C=O) groups is 2. The summed E-state index contributed by atoms with van der Waals surface area (Å²) in [5, 5.41) is 2.86. The van der Waals surface area contributed by atoms with Crippen LogP contribution in [0.3, 0.4) is 0 Å². The Kier molecular flexibility index (Phi) is 6.22. The number of Topliss-reactive ketones (excluding diaryl/α,β-unsaturated/α-hetero) is 1. The van der Waals surface area contributed by atoms with Gasteiger partial charge >= 0.3 is 0 Å². The molecular weight excluding hydrogens is 252 g/mol. The molecule has 0 aliphatic heterocycles. The van der Waals surface area contributed by atoms with Crippen LogP contribution in [-0.2, 0) is 9.59 Å². The highest BCUT2D eigenvalue weighted by molar-refractivity contribution is 5.94. The molecular formula is C16H24N2O2. The molecule has 0 aliphatic carbocycles. The van der Waals surface area contributed by atoms with Gasteiger partial charge < -0.3 is 15.0 Å². The summed E-state index contributed by atoms with van der Waals surface area (Å²) in [6.07, 6.45) is 0.537. The summed E-state index contributed by atoms with van der Waals surface area (Å²) < 4.78 is 0. The molecule has 0 spiro atoms. The normalized spacial score (nSPS) is 10.2. The molecule has 110 valence electrons. The number of nitrogens with zero attached hydrogens (tertiary/aromatic N) is 1. The molecule has 0 saturated heterocycles. The highest BCUT2D eigenvalue weighted by Gasteiger charge is 2.08. The van der Waals surface area contributed by atoms with Gasteiger partial charge in [0.2, 0.25) is 5.91 Å². The molecule has 0 bridgehead atoms. The second-order valence-corrected chi connectivity index (χ2v) is 4.92. The first kappa shape index (κ1) is 16.2. The Labute approximate surface area is 121 Å². The van der Waals surface area contributed by atoms with Crippen molar-refractivity contribution in [2.75, 3.05) is 23.3 Å². The molecule has 0 aliphatic rings. The Morgan fingerprint density at radius 3 is 2.30 bits per heavy atom. The number of rotatable bonds is 7. The quantitative estimate of drug-likeness (QED) is 0.832. The molecule has 0 radical (unpaired) electrons. The molecule has 1 aromatic carbocycles. The van der Waals surface area contributed by atoms with Crippen molar-refractivity contribution in [3.05, 3.63) is 23.8 Å². The van der Waals surface area contributed by atoms with Crippen LogP contribution >= 0.6 is 0 Å². The molecule has 4 heteroatoms. The number of nitrogens with one attached hydrogen (secondary N) is 1. The topological polar surface area (TPSA) is 49.4 Å². The molecule has 1 aromatic rings. The molecule has 1 rings (SSSR count). The molecule has 4 nitrogen and oxygen atoms in total. The van der Waals surface area contributed by atoms with Crippen molar-refractivity contribution in [1.29, 1.82) is 0 Å². The fraction of sp³-hybridized carbons (Fsp3) is 0.500. The van der Waals surface area contributed by atoms with Gasteiger partial charge in [0.25, 0.3) is 0 Å². The van der Waals surface area contributed by atoms with Gasteiger partial charge in [-0.25, -0.2) is 0 Å². The second-order valence-electron chi connectivity index (χ2n) is 4.92. The lowest BCUT2D eigenvalue weighted by Crippen LogP contribution is -2.22. The summed E-state index contributed by atoms with van der Waals surface area (Å²) in [5.41, 5.74) is 3.01. The maximum atomic E-state index is 11.7. The third-order valence-electron chi connectivity index (χ3n) is 3.32. The van der Waals surface area contributed by atoms with Gasteiger partial charge in [0, 0.05) is 37.3 Å². The maximum absolute atomic E-state index is 11.7. The highest BCUT2D eigenvalue weighted by Crippen LogP contribution is 2.22. The Bertz CT molecular complexity index is 479. The lowest BCUT2D eigenvalue weighted by Gasteiger charge is -2.22. The van der Waals surface area contributed by atoms with E-state index >= 15 is 0 Å². The predicted molar refractivity (Wildman–Crippen MR) is 83.3 cm³/mol. The van der Waals surface area contributed by atoms with Gasteiger partial charge in [-0.2, -0.15) is 0 Å². The minimum atomic E-state index is -0.112. The van der Waals surface area contributed by atoms with E-state index in [1.807, 2.05) is 19.1 Å². The van der Waals surface area contributed by atoms with Gasteiger partial charge in [0.05, 0.1) is 0 Å². The van der Waals surface area contributed by atoms with Crippen LogP contribution < -0.4 is 10.2 Å². The zero-order valence-electron chi connectivity index (χ0n) is 12.8. The Morgan fingerprint density at radius 2 is 1.80 bits per heavy atom. The number of benzene rings is 1. The minimum Gasteiger partial charge on any atom is -0.372 e. The van der Waals surface area contributed by atoms with Crippen LogP contribution in [0, 0.1) is 6.92 Å². The summed E-state index contributed by atoms with van der Waals surface area (Å²) in [4.78, 5) is 24.9. The SMILES string of the molecule is CCN(CC)c1ccc(NC(=O)CCC(C)=O)c(C)c1. The summed E-state index contributed by atoms with van der Waals surface area (Å²) in [6.45, 7) is 9.64. The summed E-state index contributed by atoms with van der Waals surface area (Å²) >= 11 is 0. The van der Waals surface area contributed by atoms with E-state index in [4.69, 9.17) is 0 Å². The standard InChI is InChI=1S/C16H24N2O2/c1-5-18(6-2)14-8-9-15(12(3)11-14)17-16(20)10-7-13(4)19/h8-9,11H,5-7,10H2,1-4H3,(H,17,20). The number of anilines is 2. The number of carbonyl (C=O) groups excluding carboxylic acids is 2. The fourth-order valence-electron chi connectivity index (χ4n) is 2.08. The summed E-state index contributed by atoms with van der Waals surface area (Å²) in [5.74, 6) is -0.0763. The second kappa shape index (κ2) is 7.68. The molecule has 20 heavy (non-hydrogen) atoms. The molecule has 0 heterocycles. The van der Waals surface area contributed by atoms with Gasteiger partial charge in [0.1, 0.15) is 5.78 Å². The van der Waals surface area contributed by atoms with Crippen molar-refractivity contribution in [1.82, 2.24) is 0 Å².